The zero-order valence-electron chi connectivity index (χ0n) is 9.67. The van der Waals surface area contributed by atoms with Crippen LogP contribution in [-0.4, -0.2) is 5.78 Å². The lowest BCUT2D eigenvalue weighted by Gasteiger charge is -2.03. The molecule has 5 heteroatoms. The van der Waals surface area contributed by atoms with E-state index < -0.39 is 0 Å². The molecule has 2 rings (SSSR count). The monoisotopic (exact) mass is 274 g/mol. The average molecular weight is 275 g/mol. The molecule has 18 heavy (non-hydrogen) atoms. The van der Waals surface area contributed by atoms with Crippen molar-refractivity contribution in [2.24, 2.45) is 0 Å². The highest BCUT2D eigenvalue weighted by atomic mass is 35.5. The number of nitriles is 2. The number of ketones is 1. The zero-order chi connectivity index (χ0) is 13.4. The molecule has 0 atom stereocenters. The van der Waals surface area contributed by atoms with Gasteiger partial charge in [0.1, 0.15) is 17.7 Å². The van der Waals surface area contributed by atoms with Crippen LogP contribution >= 0.6 is 22.9 Å². The van der Waals surface area contributed by atoms with Gasteiger partial charge >= 0.3 is 0 Å². The van der Waals surface area contributed by atoms with Crippen LogP contribution in [0, 0.1) is 22.7 Å². The van der Waals surface area contributed by atoms with Gasteiger partial charge in [-0.25, -0.2) is 0 Å². The van der Waals surface area contributed by atoms with Gasteiger partial charge < -0.3 is 0 Å². The summed E-state index contributed by atoms with van der Waals surface area (Å²) in [5, 5.41) is 18.0. The fraction of sp³-hybridized carbons (Fsp3) is 0.154. The quantitative estimate of drug-likeness (QED) is 0.535. The first-order chi connectivity index (χ1) is 8.51. The van der Waals surface area contributed by atoms with E-state index in [-0.39, 0.29) is 11.4 Å². The zero-order valence-corrected chi connectivity index (χ0v) is 11.2. The topological polar surface area (TPSA) is 64.7 Å². The fourth-order valence-corrected chi connectivity index (χ4v) is 3.13. The van der Waals surface area contributed by atoms with E-state index in [2.05, 4.69) is 0 Å². The maximum Gasteiger partial charge on any atom is 0.204 e. The number of thiophene rings is 1. The molecule has 0 spiro atoms. The van der Waals surface area contributed by atoms with Crippen LogP contribution in [0.5, 0.6) is 0 Å². The van der Waals surface area contributed by atoms with Gasteiger partial charge in [0.05, 0.1) is 9.21 Å². The predicted octanol–water partition coefficient (Wildman–Crippen LogP) is 3.73. The van der Waals surface area contributed by atoms with Gasteiger partial charge in [0, 0.05) is 16.7 Å². The number of nitrogens with zero attached hydrogens (tertiary/aromatic N) is 2. The smallest absolute Gasteiger partial charge is 0.204 e. The van der Waals surface area contributed by atoms with E-state index in [0.29, 0.717) is 25.9 Å². The minimum Gasteiger partial charge on any atom is -0.288 e. The van der Waals surface area contributed by atoms with Crippen LogP contribution in [0.25, 0.3) is 5.57 Å². The third kappa shape index (κ3) is 1.67. The van der Waals surface area contributed by atoms with Gasteiger partial charge in [-0.05, 0) is 19.9 Å². The Hall–Kier alpha value is -1.88. The highest BCUT2D eigenvalue weighted by molar-refractivity contribution is 7.18. The van der Waals surface area contributed by atoms with Crippen molar-refractivity contribution in [2.75, 3.05) is 0 Å². The van der Waals surface area contributed by atoms with E-state index >= 15 is 0 Å². The molecule has 3 nitrogen and oxygen atoms in total. The van der Waals surface area contributed by atoms with Crippen molar-refractivity contribution < 1.29 is 4.79 Å². The third-order valence-electron chi connectivity index (χ3n) is 2.63. The van der Waals surface area contributed by atoms with Gasteiger partial charge in [-0.1, -0.05) is 17.2 Å². The van der Waals surface area contributed by atoms with E-state index in [4.69, 9.17) is 22.1 Å². The van der Waals surface area contributed by atoms with Gasteiger partial charge in [-0.15, -0.1) is 11.3 Å². The molecular formula is C13H7ClN2OS. The van der Waals surface area contributed by atoms with Crippen molar-refractivity contribution in [1.29, 1.82) is 10.5 Å². The van der Waals surface area contributed by atoms with Gasteiger partial charge in [0.2, 0.25) is 5.78 Å². The Labute approximate surface area is 113 Å². The molecule has 1 aromatic rings. The van der Waals surface area contributed by atoms with Crippen molar-refractivity contribution in [3.05, 3.63) is 37.6 Å². The van der Waals surface area contributed by atoms with Crippen LogP contribution in [-0.2, 0) is 0 Å². The van der Waals surface area contributed by atoms with Crippen molar-refractivity contribution in [2.45, 2.75) is 13.8 Å². The summed E-state index contributed by atoms with van der Waals surface area (Å²) in [7, 11) is 0. The molecule has 1 heterocycles. The summed E-state index contributed by atoms with van der Waals surface area (Å²) in [6, 6.07) is 5.32. The largest absolute Gasteiger partial charge is 0.288 e. The highest BCUT2D eigenvalue weighted by Gasteiger charge is 2.35. The first kappa shape index (κ1) is 12.6. The molecule has 1 aliphatic carbocycles. The second kappa shape index (κ2) is 4.42. The second-order valence-corrected chi connectivity index (χ2v) is 5.65. The SMILES string of the molecule is CC(C)=C1C(=O)c2sc(Cl)cc2C1=C(C#N)C#N. The van der Waals surface area contributed by atoms with Gasteiger partial charge in [0.15, 0.2) is 0 Å². The minimum atomic E-state index is -0.153. The van der Waals surface area contributed by atoms with Crippen LogP contribution in [0.4, 0.5) is 0 Å². The maximum atomic E-state index is 12.2. The van der Waals surface area contributed by atoms with Gasteiger partial charge in [0.25, 0.3) is 0 Å². The number of allylic oxidation sites excluding steroid dienone is 4. The summed E-state index contributed by atoms with van der Waals surface area (Å²) in [6.07, 6.45) is 0. The summed E-state index contributed by atoms with van der Waals surface area (Å²) < 4.78 is 0.480. The van der Waals surface area contributed by atoms with Gasteiger partial charge in [-0.3, -0.25) is 4.79 Å². The molecule has 0 fully saturated rings. The van der Waals surface area contributed by atoms with E-state index in [9.17, 15) is 4.79 Å². The molecule has 0 radical (unpaired) electrons. The average Bonchev–Trinajstić information content (AvgIpc) is 2.79. The fourth-order valence-electron chi connectivity index (χ4n) is 1.95. The number of Topliss-reactive ketones (excluding diaryl/α,β-unsaturated/α-hetero) is 1. The summed E-state index contributed by atoms with van der Waals surface area (Å²) in [5.41, 5.74) is 2.21. The van der Waals surface area contributed by atoms with Crippen LogP contribution in [0.3, 0.4) is 0 Å². The Morgan fingerprint density at radius 3 is 2.39 bits per heavy atom. The number of hydrogen-bond donors (Lipinski definition) is 0. The molecule has 0 saturated carbocycles. The molecule has 88 valence electrons. The molecule has 0 aromatic carbocycles. The van der Waals surface area contributed by atoms with Crippen molar-refractivity contribution in [3.8, 4) is 12.1 Å². The molecular weight excluding hydrogens is 268 g/mol. The summed E-state index contributed by atoms with van der Waals surface area (Å²) in [6.45, 7) is 3.58. The number of hydrogen-bond acceptors (Lipinski definition) is 4. The lowest BCUT2D eigenvalue weighted by atomic mass is 9.97. The van der Waals surface area contributed by atoms with Crippen LogP contribution < -0.4 is 0 Å². The molecule has 0 unspecified atom stereocenters. The Balaban J connectivity index is 2.90. The number of rotatable bonds is 0. The first-order valence-electron chi connectivity index (χ1n) is 5.08. The predicted molar refractivity (Wildman–Crippen MR) is 70.2 cm³/mol. The Morgan fingerprint density at radius 1 is 1.28 bits per heavy atom. The van der Waals surface area contributed by atoms with Crippen molar-refractivity contribution in [3.63, 3.8) is 0 Å². The third-order valence-corrected chi connectivity index (χ3v) is 3.89. The standard InChI is InChI=1S/C13H7ClN2OS/c1-6(2)10-11(7(4-15)5-16)8-3-9(14)18-13(8)12(10)17/h3H,1-2H3. The van der Waals surface area contributed by atoms with Crippen LogP contribution in [0.15, 0.2) is 22.8 Å². The molecule has 0 saturated heterocycles. The van der Waals surface area contributed by atoms with E-state index in [0.717, 1.165) is 5.57 Å². The van der Waals surface area contributed by atoms with Crippen molar-refractivity contribution >= 4 is 34.3 Å². The molecule has 0 N–H and O–H groups in total. The van der Waals surface area contributed by atoms with E-state index in [1.807, 2.05) is 12.1 Å². The van der Waals surface area contributed by atoms with E-state index in [1.54, 1.807) is 19.9 Å². The molecule has 0 amide bonds. The van der Waals surface area contributed by atoms with Gasteiger partial charge in [-0.2, -0.15) is 10.5 Å². The van der Waals surface area contributed by atoms with Crippen LogP contribution in [0.1, 0.15) is 29.1 Å². The summed E-state index contributed by atoms with van der Waals surface area (Å²) >= 11 is 7.07. The van der Waals surface area contributed by atoms with Crippen LogP contribution in [0.2, 0.25) is 4.34 Å². The first-order valence-corrected chi connectivity index (χ1v) is 6.27. The Bertz CT molecular complexity index is 690. The summed E-state index contributed by atoms with van der Waals surface area (Å²) in [4.78, 5) is 12.7. The summed E-state index contributed by atoms with van der Waals surface area (Å²) in [5.74, 6) is -0.153. The molecule has 1 aliphatic rings. The maximum absolute atomic E-state index is 12.2. The lowest BCUT2D eigenvalue weighted by Crippen LogP contribution is -1.97. The number of carbonyl (C=O) groups excluding carboxylic acids is 1. The normalized spacial score (nSPS) is 13.1. The Morgan fingerprint density at radius 2 is 1.89 bits per heavy atom. The molecule has 0 bridgehead atoms. The Kier molecular flexibility index (Phi) is 3.09. The molecule has 1 aromatic heterocycles. The minimum absolute atomic E-state index is 0.0484. The lowest BCUT2D eigenvalue weighted by molar-refractivity contribution is 0.104. The highest BCUT2D eigenvalue weighted by Crippen LogP contribution is 2.45. The number of carbonyl (C=O) groups is 1. The number of halogens is 1. The van der Waals surface area contributed by atoms with E-state index in [1.165, 1.54) is 11.3 Å². The molecule has 0 aliphatic heterocycles. The number of fused-ring (bicyclic) bond motifs is 1. The van der Waals surface area contributed by atoms with Crippen molar-refractivity contribution in [1.82, 2.24) is 0 Å². The second-order valence-electron chi connectivity index (χ2n) is 3.97.